The number of rotatable bonds is 1. The molecule has 20 heavy (non-hydrogen) atoms. The highest BCUT2D eigenvalue weighted by Crippen LogP contribution is 2.39. The monoisotopic (exact) mass is 272 g/mol. The van der Waals surface area contributed by atoms with Gasteiger partial charge in [0.05, 0.1) is 13.2 Å². The Kier molecular flexibility index (Phi) is 2.58. The van der Waals surface area contributed by atoms with Crippen LogP contribution in [0.5, 0.6) is 0 Å². The van der Waals surface area contributed by atoms with Gasteiger partial charge in [-0.05, 0) is 23.6 Å². The van der Waals surface area contributed by atoms with Crippen molar-refractivity contribution in [2.24, 2.45) is 0 Å². The molecular formula is C15H16N2O3. The first-order valence-electron chi connectivity index (χ1n) is 6.83. The van der Waals surface area contributed by atoms with Gasteiger partial charge < -0.3 is 19.8 Å². The molecule has 1 aromatic carbocycles. The fourth-order valence-electron chi connectivity index (χ4n) is 3.35. The molecule has 5 nitrogen and oxygen atoms in total. The fraction of sp³-hybridized carbons (Fsp3) is 0.400. The average Bonchev–Trinajstić information content (AvgIpc) is 2.91. The van der Waals surface area contributed by atoms with Gasteiger partial charge in [0.25, 0.3) is 0 Å². The highest BCUT2D eigenvalue weighted by molar-refractivity contribution is 5.88. The zero-order valence-corrected chi connectivity index (χ0v) is 11.2. The lowest BCUT2D eigenvalue weighted by atomic mass is 9.85. The average molecular weight is 272 g/mol. The molecule has 5 heteroatoms. The summed E-state index contributed by atoms with van der Waals surface area (Å²) in [5, 5.41) is 4.66. The van der Waals surface area contributed by atoms with Crippen LogP contribution in [0.25, 0.3) is 10.9 Å². The first-order chi connectivity index (χ1) is 9.78. The number of aromatic nitrogens is 1. The molecular weight excluding hydrogens is 256 g/mol. The van der Waals surface area contributed by atoms with Crippen molar-refractivity contribution in [3.63, 3.8) is 0 Å². The van der Waals surface area contributed by atoms with Crippen LogP contribution in [0.3, 0.4) is 0 Å². The Bertz CT molecular complexity index is 679. The lowest BCUT2D eigenvalue weighted by molar-refractivity contribution is -0.164. The normalized spacial score (nSPS) is 28.1. The molecule has 0 spiro atoms. The predicted octanol–water partition coefficient (Wildman–Crippen LogP) is 1.30. The Balaban J connectivity index is 1.76. The van der Waals surface area contributed by atoms with E-state index in [1.807, 2.05) is 6.07 Å². The van der Waals surface area contributed by atoms with Crippen LogP contribution in [-0.4, -0.2) is 36.8 Å². The third-order valence-corrected chi connectivity index (χ3v) is 4.27. The molecule has 1 aliphatic carbocycles. The first kappa shape index (κ1) is 11.9. The van der Waals surface area contributed by atoms with Gasteiger partial charge in [-0.25, -0.2) is 4.79 Å². The van der Waals surface area contributed by atoms with Crippen molar-refractivity contribution >= 4 is 16.9 Å². The third-order valence-electron chi connectivity index (χ3n) is 4.27. The number of carbonyl (C=O) groups is 1. The van der Waals surface area contributed by atoms with Gasteiger partial charge in [0, 0.05) is 29.7 Å². The molecule has 0 radical (unpaired) electrons. The number of ether oxygens (including phenoxy) is 2. The van der Waals surface area contributed by atoms with Gasteiger partial charge >= 0.3 is 5.97 Å². The van der Waals surface area contributed by atoms with Gasteiger partial charge in [0.1, 0.15) is 0 Å². The van der Waals surface area contributed by atoms with E-state index in [4.69, 9.17) is 9.47 Å². The SMILES string of the molecule is COC(=O)C1CN[C@@H]2Cc3c[nH]c4cccc(c34)[C@H]2O1. The number of esters is 1. The van der Waals surface area contributed by atoms with E-state index < -0.39 is 6.10 Å². The number of morpholine rings is 1. The Labute approximate surface area is 116 Å². The van der Waals surface area contributed by atoms with Crippen molar-refractivity contribution < 1.29 is 14.3 Å². The minimum Gasteiger partial charge on any atom is -0.467 e. The summed E-state index contributed by atoms with van der Waals surface area (Å²) in [4.78, 5) is 15.0. The Hall–Kier alpha value is -1.85. The van der Waals surface area contributed by atoms with Crippen LogP contribution in [0.4, 0.5) is 0 Å². The molecule has 104 valence electrons. The van der Waals surface area contributed by atoms with Crippen molar-refractivity contribution in [1.82, 2.24) is 10.3 Å². The molecule has 2 N–H and O–H groups in total. The van der Waals surface area contributed by atoms with Crippen LogP contribution in [-0.2, 0) is 20.7 Å². The fourth-order valence-corrected chi connectivity index (χ4v) is 3.35. The largest absolute Gasteiger partial charge is 0.467 e. The first-order valence-corrected chi connectivity index (χ1v) is 6.83. The molecule has 0 bridgehead atoms. The lowest BCUT2D eigenvalue weighted by Gasteiger charge is -2.39. The minimum absolute atomic E-state index is 0.0974. The minimum atomic E-state index is -0.531. The molecule has 3 atom stereocenters. The maximum Gasteiger partial charge on any atom is 0.336 e. The van der Waals surface area contributed by atoms with Crippen LogP contribution < -0.4 is 5.32 Å². The Morgan fingerprint density at radius 1 is 1.45 bits per heavy atom. The number of benzene rings is 1. The molecule has 1 unspecified atom stereocenters. The molecule has 2 aliphatic rings. The number of H-pyrrole nitrogens is 1. The number of nitrogens with one attached hydrogen (secondary N) is 2. The molecule has 0 amide bonds. The molecule has 2 aromatic rings. The second kappa shape index (κ2) is 4.33. The van der Waals surface area contributed by atoms with E-state index in [9.17, 15) is 4.79 Å². The number of hydrogen-bond donors (Lipinski definition) is 2. The number of aromatic amines is 1. The molecule has 2 heterocycles. The molecule has 4 rings (SSSR count). The zero-order valence-electron chi connectivity index (χ0n) is 11.2. The summed E-state index contributed by atoms with van der Waals surface area (Å²) in [5.41, 5.74) is 3.58. The highest BCUT2D eigenvalue weighted by Gasteiger charge is 2.39. The van der Waals surface area contributed by atoms with Gasteiger partial charge in [0.2, 0.25) is 0 Å². The van der Waals surface area contributed by atoms with Gasteiger partial charge in [0.15, 0.2) is 6.10 Å². The molecule has 1 aromatic heterocycles. The van der Waals surface area contributed by atoms with Crippen LogP contribution in [0.2, 0.25) is 0 Å². The quantitative estimate of drug-likeness (QED) is 0.768. The third kappa shape index (κ3) is 1.60. The standard InChI is InChI=1S/C15H16N2O3/c1-19-15(18)12-7-17-11-5-8-6-16-10-4-2-3-9(13(8)10)14(11)20-12/h2-4,6,11-12,14,16-17H,5,7H2,1H3/t11-,12?,14-/m1/s1. The molecule has 1 fully saturated rings. The molecule has 0 saturated carbocycles. The second-order valence-corrected chi connectivity index (χ2v) is 5.37. The molecule has 1 saturated heterocycles. The second-order valence-electron chi connectivity index (χ2n) is 5.37. The van der Waals surface area contributed by atoms with E-state index >= 15 is 0 Å². The number of fused-ring (bicyclic) bond motifs is 2. The number of carbonyl (C=O) groups excluding carboxylic acids is 1. The summed E-state index contributed by atoms with van der Waals surface area (Å²) in [7, 11) is 1.39. The predicted molar refractivity (Wildman–Crippen MR) is 73.4 cm³/mol. The number of hydrogen-bond acceptors (Lipinski definition) is 4. The Morgan fingerprint density at radius 3 is 3.20 bits per heavy atom. The number of methoxy groups -OCH3 is 1. The van der Waals surface area contributed by atoms with Gasteiger partial charge in [-0.15, -0.1) is 0 Å². The summed E-state index contributed by atoms with van der Waals surface area (Å²) in [6.07, 6.45) is 2.35. The van der Waals surface area contributed by atoms with Crippen LogP contribution >= 0.6 is 0 Å². The molecule has 1 aliphatic heterocycles. The topological polar surface area (TPSA) is 63.3 Å². The van der Waals surface area contributed by atoms with E-state index in [0.717, 1.165) is 17.5 Å². The Morgan fingerprint density at radius 2 is 2.35 bits per heavy atom. The van der Waals surface area contributed by atoms with Crippen molar-refractivity contribution in [3.05, 3.63) is 35.5 Å². The summed E-state index contributed by atoms with van der Waals surface area (Å²) in [5.74, 6) is -0.317. The van der Waals surface area contributed by atoms with E-state index in [1.165, 1.54) is 18.1 Å². The van der Waals surface area contributed by atoms with Crippen LogP contribution in [0.1, 0.15) is 17.2 Å². The summed E-state index contributed by atoms with van der Waals surface area (Å²) < 4.78 is 10.8. The maximum absolute atomic E-state index is 11.7. The van der Waals surface area contributed by atoms with Gasteiger partial charge in [-0.3, -0.25) is 0 Å². The van der Waals surface area contributed by atoms with Crippen molar-refractivity contribution in [2.75, 3.05) is 13.7 Å². The summed E-state index contributed by atoms with van der Waals surface area (Å²) in [6, 6.07) is 6.38. The summed E-state index contributed by atoms with van der Waals surface area (Å²) in [6.45, 7) is 0.504. The van der Waals surface area contributed by atoms with Gasteiger partial charge in [-0.2, -0.15) is 0 Å². The highest BCUT2D eigenvalue weighted by atomic mass is 16.6. The van der Waals surface area contributed by atoms with Crippen molar-refractivity contribution in [1.29, 1.82) is 0 Å². The maximum atomic E-state index is 11.7. The van der Waals surface area contributed by atoms with Crippen molar-refractivity contribution in [2.45, 2.75) is 24.7 Å². The zero-order chi connectivity index (χ0) is 13.7. The van der Waals surface area contributed by atoms with E-state index in [2.05, 4.69) is 28.6 Å². The van der Waals surface area contributed by atoms with E-state index in [0.29, 0.717) is 6.54 Å². The van der Waals surface area contributed by atoms with E-state index in [1.54, 1.807) is 0 Å². The van der Waals surface area contributed by atoms with Crippen molar-refractivity contribution in [3.8, 4) is 0 Å². The van der Waals surface area contributed by atoms with Crippen LogP contribution in [0.15, 0.2) is 24.4 Å². The summed E-state index contributed by atoms with van der Waals surface area (Å²) >= 11 is 0. The van der Waals surface area contributed by atoms with Gasteiger partial charge in [-0.1, -0.05) is 12.1 Å². The lowest BCUT2D eigenvalue weighted by Crippen LogP contribution is -2.52. The smallest absolute Gasteiger partial charge is 0.336 e. The van der Waals surface area contributed by atoms with Crippen LogP contribution in [0, 0.1) is 0 Å². The van der Waals surface area contributed by atoms with E-state index in [-0.39, 0.29) is 18.1 Å².